The molecule has 4 aromatic rings. The molecular weight excluding hydrogens is 522 g/mol. The summed E-state index contributed by atoms with van der Waals surface area (Å²) in [5, 5.41) is 0.648. The van der Waals surface area contributed by atoms with Crippen LogP contribution < -0.4 is 14.5 Å². The molecule has 4 aromatic carbocycles. The molecule has 2 aliphatic heterocycles. The Morgan fingerprint density at radius 2 is 1.48 bits per heavy atom. The fourth-order valence-corrected chi connectivity index (χ4v) is 5.18. The molecule has 200 valence electrons. The number of nitrogens with zero attached hydrogens (tertiary/aromatic N) is 3. The minimum Gasteiger partial charge on any atom is -0.449 e. The fourth-order valence-electron chi connectivity index (χ4n) is 5.05. The fraction of sp³-hybridized carbons (Fsp3) is 0.152. The average molecular weight is 550 g/mol. The molecule has 0 radical (unpaired) electrons. The van der Waals surface area contributed by atoms with Crippen LogP contribution >= 0.6 is 11.6 Å². The van der Waals surface area contributed by atoms with Crippen LogP contribution in [0.4, 0.5) is 11.4 Å². The second kappa shape index (κ2) is 11.3. The van der Waals surface area contributed by atoms with Crippen LogP contribution in [0.1, 0.15) is 21.5 Å². The summed E-state index contributed by atoms with van der Waals surface area (Å²) in [7, 11) is 0. The van der Waals surface area contributed by atoms with E-state index in [2.05, 4.69) is 17.0 Å². The molecule has 1 saturated heterocycles. The maximum atomic E-state index is 13.5. The summed E-state index contributed by atoms with van der Waals surface area (Å²) in [6.07, 6.45) is 1.72. The number of anilines is 2. The lowest BCUT2D eigenvalue weighted by atomic mass is 10.1. The molecule has 0 atom stereocenters. The van der Waals surface area contributed by atoms with Gasteiger partial charge in [0.25, 0.3) is 11.8 Å². The van der Waals surface area contributed by atoms with E-state index in [9.17, 15) is 9.59 Å². The molecule has 40 heavy (non-hydrogen) atoms. The van der Waals surface area contributed by atoms with Crippen LogP contribution in [0.15, 0.2) is 109 Å². The first kappa shape index (κ1) is 25.7. The Hall–Kier alpha value is -4.55. The number of para-hydroxylation sites is 3. The van der Waals surface area contributed by atoms with Crippen molar-refractivity contribution in [1.82, 2.24) is 4.90 Å². The van der Waals surface area contributed by atoms with Gasteiger partial charge in [0.1, 0.15) is 0 Å². The molecular formula is C33H28ClN3O3. The van der Waals surface area contributed by atoms with E-state index >= 15 is 0 Å². The monoisotopic (exact) mass is 549 g/mol. The predicted molar refractivity (Wildman–Crippen MR) is 159 cm³/mol. The smallest absolute Gasteiger partial charge is 0.294 e. The lowest BCUT2D eigenvalue weighted by Crippen LogP contribution is -2.48. The van der Waals surface area contributed by atoms with Gasteiger partial charge in [-0.15, -0.1) is 0 Å². The number of ether oxygens (including phenoxy) is 1. The number of rotatable bonds is 5. The molecule has 1 fully saturated rings. The van der Waals surface area contributed by atoms with E-state index in [1.165, 1.54) is 5.69 Å². The zero-order chi connectivity index (χ0) is 27.5. The molecule has 0 unspecified atom stereocenters. The normalized spacial score (nSPS) is 16.1. The number of hydrogen-bond donors (Lipinski definition) is 0. The highest BCUT2D eigenvalue weighted by Crippen LogP contribution is 2.36. The maximum Gasteiger partial charge on any atom is 0.294 e. The van der Waals surface area contributed by atoms with Crippen molar-refractivity contribution in [2.75, 3.05) is 36.0 Å². The van der Waals surface area contributed by atoms with Gasteiger partial charge < -0.3 is 14.5 Å². The highest BCUT2D eigenvalue weighted by Gasteiger charge is 2.30. The number of fused-ring (bicyclic) bond motifs is 1. The highest BCUT2D eigenvalue weighted by molar-refractivity contribution is 6.30. The molecule has 2 aliphatic rings. The van der Waals surface area contributed by atoms with Crippen LogP contribution in [-0.2, 0) is 11.3 Å². The molecule has 0 saturated carbocycles. The van der Waals surface area contributed by atoms with E-state index < -0.39 is 0 Å². The standard InChI is InChI=1S/C33H28ClN3O3/c34-27-16-12-25(13-17-27)23-37-29-8-4-5-9-30(29)40-31(33(37)39)22-24-10-14-26(15-11-24)32(38)36-20-18-35(19-21-36)28-6-2-1-3-7-28/h1-17,22H,18-21,23H2/b31-22-. The number of benzene rings is 4. The van der Waals surface area contributed by atoms with Gasteiger partial charge in [-0.25, -0.2) is 0 Å². The molecule has 6 rings (SSSR count). The summed E-state index contributed by atoms with van der Waals surface area (Å²) in [4.78, 5) is 32.6. The maximum absolute atomic E-state index is 13.5. The molecule has 2 amide bonds. The van der Waals surface area contributed by atoms with Crippen molar-refractivity contribution in [1.29, 1.82) is 0 Å². The largest absolute Gasteiger partial charge is 0.449 e. The van der Waals surface area contributed by atoms with Crippen molar-refractivity contribution in [2.45, 2.75) is 6.54 Å². The van der Waals surface area contributed by atoms with Gasteiger partial charge >= 0.3 is 0 Å². The van der Waals surface area contributed by atoms with E-state index in [1.54, 1.807) is 11.0 Å². The third kappa shape index (κ3) is 5.44. The van der Waals surface area contributed by atoms with Gasteiger partial charge in [0.15, 0.2) is 11.5 Å². The van der Waals surface area contributed by atoms with Crippen LogP contribution in [0.2, 0.25) is 5.02 Å². The van der Waals surface area contributed by atoms with E-state index in [-0.39, 0.29) is 17.6 Å². The first-order valence-corrected chi connectivity index (χ1v) is 13.7. The number of amides is 2. The molecule has 0 N–H and O–H groups in total. The van der Waals surface area contributed by atoms with E-state index in [0.29, 0.717) is 41.7 Å². The summed E-state index contributed by atoms with van der Waals surface area (Å²) in [6.45, 7) is 3.33. The van der Waals surface area contributed by atoms with Gasteiger partial charge in [0.05, 0.1) is 12.2 Å². The number of hydrogen-bond acceptors (Lipinski definition) is 4. The number of halogens is 1. The number of carbonyl (C=O) groups excluding carboxylic acids is 2. The highest BCUT2D eigenvalue weighted by atomic mass is 35.5. The Kier molecular flexibility index (Phi) is 7.25. The number of piperazine rings is 1. The van der Waals surface area contributed by atoms with Crippen LogP contribution in [0.25, 0.3) is 6.08 Å². The van der Waals surface area contributed by atoms with Crippen LogP contribution in [0.5, 0.6) is 5.75 Å². The second-order valence-electron chi connectivity index (χ2n) is 9.83. The minimum absolute atomic E-state index is 0.0139. The summed E-state index contributed by atoms with van der Waals surface area (Å²) in [5.74, 6) is 0.623. The zero-order valence-corrected chi connectivity index (χ0v) is 22.6. The molecule has 0 aliphatic carbocycles. The lowest BCUT2D eigenvalue weighted by Gasteiger charge is -2.36. The Balaban J connectivity index is 1.16. The molecule has 2 heterocycles. The van der Waals surface area contributed by atoms with E-state index in [1.807, 2.05) is 95.9 Å². The minimum atomic E-state index is -0.231. The zero-order valence-electron chi connectivity index (χ0n) is 21.9. The number of carbonyl (C=O) groups is 2. The molecule has 7 heteroatoms. The third-order valence-electron chi connectivity index (χ3n) is 7.23. The van der Waals surface area contributed by atoms with Crippen molar-refractivity contribution in [3.63, 3.8) is 0 Å². The molecule has 0 aromatic heterocycles. The summed E-state index contributed by atoms with van der Waals surface area (Å²) in [5.41, 5.74) is 4.26. The lowest BCUT2D eigenvalue weighted by molar-refractivity contribution is -0.117. The summed E-state index contributed by atoms with van der Waals surface area (Å²) in [6, 6.07) is 32.5. The quantitative estimate of drug-likeness (QED) is 0.275. The SMILES string of the molecule is O=C(c1ccc(/C=C2\Oc3ccccc3N(Cc3ccc(Cl)cc3)C2=O)cc1)N1CCN(c2ccccc2)CC1. The average Bonchev–Trinajstić information content (AvgIpc) is 3.01. The van der Waals surface area contributed by atoms with Gasteiger partial charge in [-0.2, -0.15) is 0 Å². The van der Waals surface area contributed by atoms with Crippen molar-refractivity contribution in [2.24, 2.45) is 0 Å². The van der Waals surface area contributed by atoms with Crippen LogP contribution in [-0.4, -0.2) is 42.9 Å². The molecule has 0 bridgehead atoms. The topological polar surface area (TPSA) is 53.1 Å². The summed E-state index contributed by atoms with van der Waals surface area (Å²) < 4.78 is 6.02. The van der Waals surface area contributed by atoms with E-state index in [0.717, 1.165) is 24.2 Å². The second-order valence-corrected chi connectivity index (χ2v) is 10.3. The third-order valence-corrected chi connectivity index (χ3v) is 7.48. The van der Waals surface area contributed by atoms with Gasteiger partial charge in [-0.3, -0.25) is 14.5 Å². The summed E-state index contributed by atoms with van der Waals surface area (Å²) >= 11 is 6.05. The van der Waals surface area contributed by atoms with Crippen LogP contribution in [0.3, 0.4) is 0 Å². The predicted octanol–water partition coefficient (Wildman–Crippen LogP) is 6.27. The van der Waals surface area contributed by atoms with Gasteiger partial charge in [0.2, 0.25) is 0 Å². The van der Waals surface area contributed by atoms with Crippen molar-refractivity contribution in [3.05, 3.63) is 131 Å². The first-order valence-electron chi connectivity index (χ1n) is 13.3. The van der Waals surface area contributed by atoms with Gasteiger partial charge in [-0.05, 0) is 65.7 Å². The Bertz CT molecular complexity index is 1540. The van der Waals surface area contributed by atoms with Crippen LogP contribution in [0, 0.1) is 0 Å². The molecule has 0 spiro atoms. The van der Waals surface area contributed by atoms with Crippen molar-refractivity contribution >= 4 is 40.9 Å². The Morgan fingerprint density at radius 3 is 2.20 bits per heavy atom. The molecule has 6 nitrogen and oxygen atoms in total. The van der Waals surface area contributed by atoms with Crippen molar-refractivity contribution < 1.29 is 14.3 Å². The first-order chi connectivity index (χ1) is 19.5. The van der Waals surface area contributed by atoms with E-state index in [4.69, 9.17) is 16.3 Å². The Labute approximate surface area is 238 Å². The van der Waals surface area contributed by atoms with Crippen molar-refractivity contribution in [3.8, 4) is 5.75 Å². The van der Waals surface area contributed by atoms with Gasteiger partial charge in [0, 0.05) is 42.5 Å². The van der Waals surface area contributed by atoms with Gasteiger partial charge in [-0.1, -0.05) is 66.2 Å². The Morgan fingerprint density at radius 1 is 0.800 bits per heavy atom.